The largest absolute Gasteiger partial charge is 0.276 e. The summed E-state index contributed by atoms with van der Waals surface area (Å²) < 4.78 is 0. The van der Waals surface area contributed by atoms with Crippen molar-refractivity contribution >= 4 is 102 Å². The van der Waals surface area contributed by atoms with E-state index in [4.69, 9.17) is 0 Å². The number of carbonyl (C=O) groups is 4. The van der Waals surface area contributed by atoms with Gasteiger partial charge in [0.15, 0.2) is 0 Å². The Hall–Kier alpha value is -8.62. The van der Waals surface area contributed by atoms with Crippen LogP contribution in [0.25, 0.3) is 33.1 Å². The van der Waals surface area contributed by atoms with Gasteiger partial charge in [-0.1, -0.05) is 161 Å². The Labute approximate surface area is 432 Å². The lowest BCUT2D eigenvalue weighted by atomic mass is 9.92. The van der Waals surface area contributed by atoms with Gasteiger partial charge < -0.3 is 0 Å². The van der Waals surface area contributed by atoms with Gasteiger partial charge in [-0.2, -0.15) is 0 Å². The fourth-order valence-corrected chi connectivity index (χ4v) is 12.5. The molecule has 8 nitrogen and oxygen atoms in total. The molecule has 8 aromatic carbocycles. The van der Waals surface area contributed by atoms with Crippen LogP contribution >= 0.6 is 0 Å². The number of hydrogen-bond acceptors (Lipinski definition) is 4. The zero-order valence-corrected chi connectivity index (χ0v) is 43.1. The van der Waals surface area contributed by atoms with Gasteiger partial charge in [0.2, 0.25) is 0 Å². The molecule has 8 heteroatoms. The molecular formula is C66H56N4O4. The highest BCUT2D eigenvalue weighted by Crippen LogP contribution is 2.58. The first kappa shape index (κ1) is 46.5. The zero-order valence-electron chi connectivity index (χ0n) is 43.1. The molecule has 0 unspecified atom stereocenters. The van der Waals surface area contributed by atoms with Crippen LogP contribution < -0.4 is 19.6 Å². The van der Waals surface area contributed by atoms with E-state index in [1.807, 2.05) is 159 Å². The van der Waals surface area contributed by atoms with E-state index >= 15 is 19.2 Å². The molecule has 74 heavy (non-hydrogen) atoms. The summed E-state index contributed by atoms with van der Waals surface area (Å²) in [5.74, 6) is -1.10. The molecular weight excluding hydrogens is 913 g/mol. The average Bonchev–Trinajstić information content (AvgIpc) is 4.08. The molecule has 8 aromatic rings. The van der Waals surface area contributed by atoms with Crippen LogP contribution in [0.15, 0.2) is 146 Å². The number of aryl methyl sites for hydroxylation is 8. The Kier molecular flexibility index (Phi) is 11.0. The lowest BCUT2D eigenvalue weighted by Gasteiger charge is -2.26. The van der Waals surface area contributed by atoms with Crippen molar-refractivity contribution in [1.29, 1.82) is 0 Å². The molecule has 0 radical (unpaired) electrons. The van der Waals surface area contributed by atoms with Gasteiger partial charge in [0, 0.05) is 33.0 Å². The van der Waals surface area contributed by atoms with Crippen LogP contribution in [-0.2, 0) is 44.9 Å². The maximum Gasteiger partial charge on any atom is 0.264 e. The van der Waals surface area contributed by atoms with E-state index in [0.717, 1.165) is 102 Å². The first-order valence-corrected chi connectivity index (χ1v) is 25.9. The number of fused-ring (bicyclic) bond motifs is 7. The first-order chi connectivity index (χ1) is 35.9. The Morgan fingerprint density at radius 3 is 0.892 bits per heavy atom. The van der Waals surface area contributed by atoms with Crippen LogP contribution in [-0.4, -0.2) is 23.6 Å². The van der Waals surface area contributed by atoms with E-state index in [-0.39, 0.29) is 23.6 Å². The molecule has 0 saturated heterocycles. The average molecular weight is 969 g/mol. The number of rotatable bonds is 8. The summed E-state index contributed by atoms with van der Waals surface area (Å²) in [5.41, 5.74) is 17.8. The maximum atomic E-state index is 16.1. The summed E-state index contributed by atoms with van der Waals surface area (Å²) in [4.78, 5) is 70.6. The minimum Gasteiger partial charge on any atom is -0.276 e. The molecule has 0 bridgehead atoms. The number of carbonyl (C=O) groups excluding carboxylic acids is 4. The van der Waals surface area contributed by atoms with Crippen LogP contribution in [0.3, 0.4) is 0 Å². The molecule has 0 aliphatic carbocycles. The molecule has 4 aliphatic heterocycles. The van der Waals surface area contributed by atoms with Crippen molar-refractivity contribution < 1.29 is 19.2 Å². The monoisotopic (exact) mass is 968 g/mol. The zero-order chi connectivity index (χ0) is 51.4. The van der Waals surface area contributed by atoms with E-state index in [9.17, 15) is 0 Å². The van der Waals surface area contributed by atoms with Crippen molar-refractivity contribution in [3.05, 3.63) is 212 Å². The van der Waals surface area contributed by atoms with E-state index in [0.29, 0.717) is 68.8 Å². The van der Waals surface area contributed by atoms with Crippen LogP contribution in [0.2, 0.25) is 0 Å². The Balaban J connectivity index is 1.17. The fourth-order valence-electron chi connectivity index (χ4n) is 12.5. The quantitative estimate of drug-likeness (QED) is 0.142. The number of anilines is 8. The topological polar surface area (TPSA) is 81.2 Å². The third kappa shape index (κ3) is 6.46. The lowest BCUT2D eigenvalue weighted by Crippen LogP contribution is -2.26. The van der Waals surface area contributed by atoms with Gasteiger partial charge in [0.05, 0.1) is 67.8 Å². The second-order valence-corrected chi connectivity index (χ2v) is 19.9. The Morgan fingerprint density at radius 2 is 0.568 bits per heavy atom. The van der Waals surface area contributed by atoms with Crippen LogP contribution in [0, 0.1) is 27.7 Å². The SMILES string of the molecule is CCc1cccc(C)c1N1C(=O)/C(=C2/C(=O)N(c3c(C)cccc3CC)c3c2ccc2c4c(ccc32)/C(=C2\C(=O)N(c3c(C)cccc3CC)c3ccccc32)C(=O)N4c2c(C)cccc2CC)c2ccccc21. The summed E-state index contributed by atoms with van der Waals surface area (Å²) in [5, 5.41) is 1.47. The van der Waals surface area contributed by atoms with Crippen LogP contribution in [0.4, 0.5) is 45.5 Å². The van der Waals surface area contributed by atoms with E-state index in [1.165, 1.54) is 0 Å². The van der Waals surface area contributed by atoms with Gasteiger partial charge in [-0.05, 0) is 110 Å². The van der Waals surface area contributed by atoms with Gasteiger partial charge >= 0.3 is 0 Å². The van der Waals surface area contributed by atoms with Crippen molar-refractivity contribution in [3.8, 4) is 0 Å². The highest BCUT2D eigenvalue weighted by molar-refractivity contribution is 6.54. The predicted molar refractivity (Wildman–Crippen MR) is 301 cm³/mol. The third-order valence-corrected chi connectivity index (χ3v) is 15.8. The van der Waals surface area contributed by atoms with Gasteiger partial charge in [-0.25, -0.2) is 0 Å². The molecule has 4 heterocycles. The Bertz CT molecular complexity index is 3640. The minimum atomic E-state index is -0.295. The predicted octanol–water partition coefficient (Wildman–Crippen LogP) is 14.9. The van der Waals surface area contributed by atoms with Crippen molar-refractivity contribution in [3.63, 3.8) is 0 Å². The molecule has 4 amide bonds. The number of nitrogens with zero attached hydrogens (tertiary/aromatic N) is 4. The highest BCUT2D eigenvalue weighted by Gasteiger charge is 2.48. The fraction of sp³-hybridized carbons (Fsp3) is 0.182. The molecule has 0 saturated carbocycles. The number of amides is 4. The Morgan fingerprint density at radius 1 is 0.284 bits per heavy atom. The summed E-state index contributed by atoms with van der Waals surface area (Å²) in [6.07, 6.45) is 2.76. The number of hydrogen-bond donors (Lipinski definition) is 0. The van der Waals surface area contributed by atoms with Gasteiger partial charge in [-0.3, -0.25) is 38.8 Å². The smallest absolute Gasteiger partial charge is 0.264 e. The van der Waals surface area contributed by atoms with E-state index in [1.54, 1.807) is 9.80 Å². The minimum absolute atomic E-state index is 0.257. The molecule has 0 atom stereocenters. The van der Waals surface area contributed by atoms with Crippen LogP contribution in [0.1, 0.15) is 94.5 Å². The van der Waals surface area contributed by atoms with E-state index in [2.05, 4.69) is 52.0 Å². The van der Waals surface area contributed by atoms with Gasteiger partial charge in [0.1, 0.15) is 0 Å². The first-order valence-electron chi connectivity index (χ1n) is 25.9. The van der Waals surface area contributed by atoms with Crippen molar-refractivity contribution in [2.24, 2.45) is 0 Å². The number of benzene rings is 8. The molecule has 4 aliphatic rings. The number of para-hydroxylation sites is 6. The summed E-state index contributed by atoms with van der Waals surface area (Å²) >= 11 is 0. The molecule has 364 valence electrons. The van der Waals surface area contributed by atoms with Crippen LogP contribution in [0.5, 0.6) is 0 Å². The maximum absolute atomic E-state index is 16.1. The third-order valence-electron chi connectivity index (χ3n) is 15.8. The second kappa shape index (κ2) is 17.6. The second-order valence-electron chi connectivity index (χ2n) is 19.9. The van der Waals surface area contributed by atoms with Gasteiger partial charge in [-0.15, -0.1) is 0 Å². The normalized spacial score (nSPS) is 16.8. The van der Waals surface area contributed by atoms with Gasteiger partial charge in [0.25, 0.3) is 23.6 Å². The summed E-state index contributed by atoms with van der Waals surface area (Å²) in [7, 11) is 0. The molecule has 0 fully saturated rings. The molecule has 12 rings (SSSR count). The lowest BCUT2D eigenvalue weighted by molar-refractivity contribution is -0.114. The molecule has 0 aromatic heterocycles. The van der Waals surface area contributed by atoms with Crippen molar-refractivity contribution in [2.45, 2.75) is 81.1 Å². The van der Waals surface area contributed by atoms with E-state index < -0.39 is 0 Å². The highest BCUT2D eigenvalue weighted by atomic mass is 16.2. The molecule has 0 N–H and O–H groups in total. The van der Waals surface area contributed by atoms with Crippen molar-refractivity contribution in [1.82, 2.24) is 0 Å². The summed E-state index contributed by atoms with van der Waals surface area (Å²) in [6.45, 7) is 16.5. The summed E-state index contributed by atoms with van der Waals surface area (Å²) in [6, 6.07) is 48.0. The standard InChI is InChI=1S/C66H56N4O4/c1-9-41-25-17-21-37(5)57(41)67-51-31-15-13-29-47(51)53(63(67)71)55-49-35-33-46-45(61(49)69(65(55)73)59-39(7)23-19-27-43(59)11-3)34-36-50-56(66(74)70(62(46)50)60-40(8)24-20-28-44(60)12-4)54-48-30-14-16-32-52(48)68(64(54)72)58-38(6)22-18-26-42(58)10-2/h13-36H,9-12H2,1-8H3/b55-53+,56-54+. The molecule has 0 spiro atoms. The van der Waals surface area contributed by atoms with Crippen molar-refractivity contribution in [2.75, 3.05) is 19.6 Å².